The van der Waals surface area contributed by atoms with Gasteiger partial charge in [0.15, 0.2) is 0 Å². The minimum Gasteiger partial charge on any atom is -0.352 e. The third-order valence-electron chi connectivity index (χ3n) is 4.27. The molecule has 0 unspecified atom stereocenters. The number of carbonyl (C=O) groups excluding carboxylic acids is 2. The van der Waals surface area contributed by atoms with Crippen LogP contribution in [0.3, 0.4) is 0 Å². The molecular weight excluding hydrogens is 354 g/mol. The zero-order valence-corrected chi connectivity index (χ0v) is 15.9. The quantitative estimate of drug-likeness (QED) is 0.731. The Balaban J connectivity index is 1.75. The van der Waals surface area contributed by atoms with Crippen molar-refractivity contribution in [3.63, 3.8) is 0 Å². The highest BCUT2D eigenvalue weighted by atomic mass is 32.2. The van der Waals surface area contributed by atoms with E-state index >= 15 is 0 Å². The lowest BCUT2D eigenvalue weighted by molar-refractivity contribution is -0.116. The van der Waals surface area contributed by atoms with Crippen molar-refractivity contribution >= 4 is 33.6 Å². The van der Waals surface area contributed by atoms with Crippen molar-refractivity contribution in [3.8, 4) is 0 Å². The fourth-order valence-corrected chi connectivity index (χ4v) is 3.68. The van der Waals surface area contributed by atoms with Gasteiger partial charge in [0.25, 0.3) is 0 Å². The summed E-state index contributed by atoms with van der Waals surface area (Å²) < 4.78 is 24.4. The summed E-state index contributed by atoms with van der Waals surface area (Å²) >= 11 is 0. The molecule has 1 aromatic carbocycles. The molecule has 1 saturated heterocycles. The Bertz CT molecular complexity index is 764. The molecule has 1 fully saturated rings. The monoisotopic (exact) mass is 379 g/mol. The number of amides is 2. The molecule has 7 nitrogen and oxygen atoms in total. The highest BCUT2D eigenvalue weighted by molar-refractivity contribution is 7.88. The second kappa shape index (κ2) is 8.95. The van der Waals surface area contributed by atoms with Crippen LogP contribution in [0.5, 0.6) is 0 Å². The topological polar surface area (TPSA) is 95.6 Å². The molecule has 142 valence electrons. The fourth-order valence-electron chi connectivity index (χ4n) is 2.80. The van der Waals surface area contributed by atoms with Crippen LogP contribution in [0.4, 0.5) is 5.69 Å². The van der Waals surface area contributed by atoms with Crippen molar-refractivity contribution in [2.75, 3.05) is 31.2 Å². The summed E-state index contributed by atoms with van der Waals surface area (Å²) in [6, 6.07) is 7.18. The van der Waals surface area contributed by atoms with Crippen molar-refractivity contribution in [2.24, 2.45) is 5.92 Å². The molecule has 8 heteroatoms. The predicted octanol–water partition coefficient (Wildman–Crippen LogP) is 1.45. The summed E-state index contributed by atoms with van der Waals surface area (Å²) in [5.41, 5.74) is 1.57. The second-order valence-electron chi connectivity index (χ2n) is 6.49. The normalized spacial score (nSPS) is 16.5. The number of piperidine rings is 1. The second-order valence-corrected chi connectivity index (χ2v) is 8.47. The first-order chi connectivity index (χ1) is 12.2. The predicted molar refractivity (Wildman–Crippen MR) is 102 cm³/mol. The summed E-state index contributed by atoms with van der Waals surface area (Å²) in [6.07, 6.45) is 5.91. The summed E-state index contributed by atoms with van der Waals surface area (Å²) in [4.78, 5) is 22.9. The number of rotatable bonds is 6. The Morgan fingerprint density at radius 2 is 1.81 bits per heavy atom. The van der Waals surface area contributed by atoms with Crippen LogP contribution in [0.2, 0.25) is 0 Å². The molecule has 1 aliphatic heterocycles. The molecule has 2 N–H and O–H groups in total. The molecule has 1 aromatic rings. The summed E-state index contributed by atoms with van der Waals surface area (Å²) in [5.74, 6) is -0.0150. The standard InChI is InChI=1S/C18H25N3O4S/c1-14(22)20-17-6-3-15(4-7-17)5-8-18(23)19-13-16-9-11-21(12-10-16)26(2,24)25/h3-8,16H,9-13H2,1-2H3,(H,19,23)(H,20,22)/b8-5+. The van der Waals surface area contributed by atoms with Gasteiger partial charge in [-0.25, -0.2) is 12.7 Å². The molecule has 0 spiro atoms. The van der Waals surface area contributed by atoms with Crippen molar-refractivity contribution in [2.45, 2.75) is 19.8 Å². The molecule has 2 rings (SSSR count). The van der Waals surface area contributed by atoms with Crippen LogP contribution in [0.25, 0.3) is 6.08 Å². The molecule has 2 amide bonds. The average Bonchev–Trinajstić information content (AvgIpc) is 2.58. The molecule has 0 aliphatic carbocycles. The molecule has 26 heavy (non-hydrogen) atoms. The van der Waals surface area contributed by atoms with E-state index in [0.717, 1.165) is 18.4 Å². The largest absolute Gasteiger partial charge is 0.352 e. The van der Waals surface area contributed by atoms with Gasteiger partial charge in [-0.1, -0.05) is 12.1 Å². The smallest absolute Gasteiger partial charge is 0.244 e. The third kappa shape index (κ3) is 6.61. The Morgan fingerprint density at radius 1 is 1.19 bits per heavy atom. The van der Waals surface area contributed by atoms with E-state index in [1.807, 2.05) is 12.1 Å². The van der Waals surface area contributed by atoms with E-state index in [2.05, 4.69) is 10.6 Å². The molecule has 1 aliphatic rings. The number of carbonyl (C=O) groups is 2. The first kappa shape index (κ1) is 20.1. The van der Waals surface area contributed by atoms with E-state index in [9.17, 15) is 18.0 Å². The third-order valence-corrected chi connectivity index (χ3v) is 5.57. The Kier molecular flexibility index (Phi) is 6.93. The van der Waals surface area contributed by atoms with Gasteiger partial charge in [0.1, 0.15) is 0 Å². The number of nitrogens with one attached hydrogen (secondary N) is 2. The molecule has 0 aromatic heterocycles. The van der Waals surface area contributed by atoms with Crippen LogP contribution >= 0.6 is 0 Å². The first-order valence-electron chi connectivity index (χ1n) is 8.53. The number of nitrogens with zero attached hydrogens (tertiary/aromatic N) is 1. The fraction of sp³-hybridized carbons (Fsp3) is 0.444. The van der Waals surface area contributed by atoms with E-state index in [-0.39, 0.29) is 11.8 Å². The Hall–Kier alpha value is -2.19. The van der Waals surface area contributed by atoms with E-state index in [1.54, 1.807) is 18.2 Å². The maximum atomic E-state index is 11.9. The van der Waals surface area contributed by atoms with E-state index < -0.39 is 10.0 Å². The lowest BCUT2D eigenvalue weighted by Crippen LogP contribution is -2.40. The number of anilines is 1. The average molecular weight is 379 g/mol. The van der Waals surface area contributed by atoms with Crippen LogP contribution in [0.1, 0.15) is 25.3 Å². The van der Waals surface area contributed by atoms with Crippen molar-refractivity contribution in [1.82, 2.24) is 9.62 Å². The van der Waals surface area contributed by atoms with Crippen LogP contribution in [-0.4, -0.2) is 50.4 Å². The summed E-state index contributed by atoms with van der Waals surface area (Å²) in [6.45, 7) is 3.01. The van der Waals surface area contributed by atoms with Gasteiger partial charge in [-0.15, -0.1) is 0 Å². The Morgan fingerprint density at radius 3 is 2.35 bits per heavy atom. The summed E-state index contributed by atoms with van der Waals surface area (Å²) in [5, 5.41) is 5.55. The number of sulfonamides is 1. The zero-order chi connectivity index (χ0) is 19.2. The van der Waals surface area contributed by atoms with E-state index in [4.69, 9.17) is 0 Å². The lowest BCUT2D eigenvalue weighted by atomic mass is 9.98. The van der Waals surface area contributed by atoms with E-state index in [0.29, 0.717) is 31.2 Å². The molecule has 1 heterocycles. The molecule has 0 saturated carbocycles. The van der Waals surface area contributed by atoms with Gasteiger partial charge in [0.2, 0.25) is 21.8 Å². The summed E-state index contributed by atoms with van der Waals surface area (Å²) in [7, 11) is -3.12. The van der Waals surface area contributed by atoms with Gasteiger partial charge in [0.05, 0.1) is 6.26 Å². The van der Waals surface area contributed by atoms with Gasteiger partial charge in [-0.3, -0.25) is 9.59 Å². The van der Waals surface area contributed by atoms with Crippen LogP contribution < -0.4 is 10.6 Å². The van der Waals surface area contributed by atoms with Crippen LogP contribution in [0, 0.1) is 5.92 Å². The van der Waals surface area contributed by atoms with Gasteiger partial charge in [-0.05, 0) is 42.5 Å². The molecule has 0 radical (unpaired) electrons. The highest BCUT2D eigenvalue weighted by Gasteiger charge is 2.24. The molecule has 0 bridgehead atoms. The van der Waals surface area contributed by atoms with Gasteiger partial charge >= 0.3 is 0 Å². The first-order valence-corrected chi connectivity index (χ1v) is 10.4. The van der Waals surface area contributed by atoms with E-state index in [1.165, 1.54) is 23.6 Å². The SMILES string of the molecule is CC(=O)Nc1ccc(/C=C/C(=O)NCC2CCN(S(C)(=O)=O)CC2)cc1. The van der Waals surface area contributed by atoms with Crippen LogP contribution in [-0.2, 0) is 19.6 Å². The molecular formula is C18H25N3O4S. The molecule has 0 atom stereocenters. The van der Waals surface area contributed by atoms with Gasteiger partial charge in [-0.2, -0.15) is 0 Å². The van der Waals surface area contributed by atoms with Gasteiger partial charge in [0, 0.05) is 38.3 Å². The lowest BCUT2D eigenvalue weighted by Gasteiger charge is -2.30. The Labute approximate surface area is 154 Å². The van der Waals surface area contributed by atoms with Crippen molar-refractivity contribution < 1.29 is 18.0 Å². The maximum absolute atomic E-state index is 11.9. The van der Waals surface area contributed by atoms with Gasteiger partial charge < -0.3 is 10.6 Å². The maximum Gasteiger partial charge on any atom is 0.244 e. The number of hydrogen-bond donors (Lipinski definition) is 2. The van der Waals surface area contributed by atoms with Crippen molar-refractivity contribution in [3.05, 3.63) is 35.9 Å². The minimum absolute atomic E-state index is 0.130. The number of benzene rings is 1. The number of hydrogen-bond acceptors (Lipinski definition) is 4. The highest BCUT2D eigenvalue weighted by Crippen LogP contribution is 2.18. The minimum atomic E-state index is -3.12. The zero-order valence-electron chi connectivity index (χ0n) is 15.1. The van der Waals surface area contributed by atoms with Crippen molar-refractivity contribution in [1.29, 1.82) is 0 Å². The van der Waals surface area contributed by atoms with Crippen LogP contribution in [0.15, 0.2) is 30.3 Å².